The number of benzene rings is 1. The molecule has 0 saturated carbocycles. The summed E-state index contributed by atoms with van der Waals surface area (Å²) in [6.07, 6.45) is 3.59. The largest absolute Gasteiger partial charge is 0.222 e. The normalized spacial score (nSPS) is 10.9. The lowest BCUT2D eigenvalue weighted by molar-refractivity contribution is 0.939. The lowest BCUT2D eigenvalue weighted by Crippen LogP contribution is -1.89. The average molecular weight is 309 g/mol. The van der Waals surface area contributed by atoms with Gasteiger partial charge in [0.05, 0.1) is 6.20 Å². The number of fused-ring (bicyclic) bond motifs is 1. The SMILES string of the molecule is Clc1ccn2ncc(-c3ccc(Br)cc3)c2n1. The molecule has 0 spiro atoms. The first-order chi connectivity index (χ1) is 8.24. The molecular weight excluding hydrogens is 302 g/mol. The molecule has 0 aliphatic carbocycles. The summed E-state index contributed by atoms with van der Waals surface area (Å²) < 4.78 is 2.76. The van der Waals surface area contributed by atoms with Crippen molar-refractivity contribution in [1.29, 1.82) is 0 Å². The van der Waals surface area contributed by atoms with Gasteiger partial charge in [-0.3, -0.25) is 0 Å². The molecule has 2 aromatic heterocycles. The second-order valence-electron chi connectivity index (χ2n) is 3.58. The predicted molar refractivity (Wildman–Crippen MR) is 71.1 cm³/mol. The first-order valence-electron chi connectivity index (χ1n) is 5.00. The molecule has 3 nitrogen and oxygen atoms in total. The molecule has 0 unspecified atom stereocenters. The van der Waals surface area contributed by atoms with Crippen molar-refractivity contribution in [1.82, 2.24) is 14.6 Å². The smallest absolute Gasteiger partial charge is 0.164 e. The zero-order chi connectivity index (χ0) is 11.8. The zero-order valence-corrected chi connectivity index (χ0v) is 11.0. The molecule has 3 rings (SSSR count). The van der Waals surface area contributed by atoms with E-state index < -0.39 is 0 Å². The van der Waals surface area contributed by atoms with Gasteiger partial charge >= 0.3 is 0 Å². The van der Waals surface area contributed by atoms with Crippen molar-refractivity contribution in [2.75, 3.05) is 0 Å². The molecule has 0 bridgehead atoms. The number of hydrogen-bond donors (Lipinski definition) is 0. The Morgan fingerprint density at radius 3 is 2.65 bits per heavy atom. The van der Waals surface area contributed by atoms with E-state index in [0.717, 1.165) is 21.2 Å². The molecule has 0 saturated heterocycles. The molecule has 2 heterocycles. The van der Waals surface area contributed by atoms with Crippen LogP contribution < -0.4 is 0 Å². The van der Waals surface area contributed by atoms with Gasteiger partial charge < -0.3 is 0 Å². The predicted octanol–water partition coefficient (Wildman–Crippen LogP) is 3.81. The van der Waals surface area contributed by atoms with Crippen LogP contribution >= 0.6 is 27.5 Å². The highest BCUT2D eigenvalue weighted by Gasteiger charge is 2.08. The van der Waals surface area contributed by atoms with E-state index in [0.29, 0.717) is 5.15 Å². The van der Waals surface area contributed by atoms with E-state index in [1.165, 1.54) is 0 Å². The first-order valence-corrected chi connectivity index (χ1v) is 6.17. The second-order valence-corrected chi connectivity index (χ2v) is 4.89. The molecule has 0 atom stereocenters. The molecule has 0 amide bonds. The zero-order valence-electron chi connectivity index (χ0n) is 8.64. The molecule has 0 aliphatic heterocycles. The fourth-order valence-corrected chi connectivity index (χ4v) is 2.08. The Hall–Kier alpha value is -1.39. The maximum atomic E-state index is 5.90. The van der Waals surface area contributed by atoms with E-state index in [1.807, 2.05) is 24.3 Å². The van der Waals surface area contributed by atoms with Gasteiger partial charge in [-0.2, -0.15) is 5.10 Å². The molecule has 3 aromatic rings. The molecule has 1 aromatic carbocycles. The van der Waals surface area contributed by atoms with Crippen LogP contribution in [0.3, 0.4) is 0 Å². The minimum atomic E-state index is 0.469. The van der Waals surface area contributed by atoms with Crippen LogP contribution in [0, 0.1) is 0 Å². The van der Waals surface area contributed by atoms with E-state index in [1.54, 1.807) is 23.0 Å². The Bertz CT molecular complexity index is 676. The van der Waals surface area contributed by atoms with Crippen molar-refractivity contribution in [3.8, 4) is 11.1 Å². The fraction of sp³-hybridized carbons (Fsp3) is 0. The van der Waals surface area contributed by atoms with Gasteiger partial charge in [0.1, 0.15) is 5.15 Å². The Labute approximate surface area is 111 Å². The minimum absolute atomic E-state index is 0.469. The van der Waals surface area contributed by atoms with Gasteiger partial charge in [-0.25, -0.2) is 9.50 Å². The summed E-state index contributed by atoms with van der Waals surface area (Å²) in [7, 11) is 0. The third-order valence-corrected chi connectivity index (χ3v) is 3.23. The van der Waals surface area contributed by atoms with Crippen molar-refractivity contribution in [2.45, 2.75) is 0 Å². The summed E-state index contributed by atoms with van der Waals surface area (Å²) in [5, 5.41) is 4.71. The van der Waals surface area contributed by atoms with Gasteiger partial charge in [0.2, 0.25) is 0 Å². The van der Waals surface area contributed by atoms with Gasteiger partial charge in [0.25, 0.3) is 0 Å². The third-order valence-electron chi connectivity index (χ3n) is 2.49. The summed E-state index contributed by atoms with van der Waals surface area (Å²) in [6, 6.07) is 9.73. The summed E-state index contributed by atoms with van der Waals surface area (Å²) in [4.78, 5) is 4.29. The van der Waals surface area contributed by atoms with Crippen molar-refractivity contribution in [2.24, 2.45) is 0 Å². The molecule has 5 heteroatoms. The quantitative estimate of drug-likeness (QED) is 0.640. The number of hydrogen-bond acceptors (Lipinski definition) is 2. The van der Waals surface area contributed by atoms with Crippen LogP contribution in [-0.2, 0) is 0 Å². The Balaban J connectivity index is 2.23. The van der Waals surface area contributed by atoms with Crippen LogP contribution in [0.25, 0.3) is 16.8 Å². The molecule has 0 radical (unpaired) electrons. The van der Waals surface area contributed by atoms with Crippen molar-refractivity contribution in [3.05, 3.63) is 52.4 Å². The molecule has 17 heavy (non-hydrogen) atoms. The van der Waals surface area contributed by atoms with E-state index in [2.05, 4.69) is 26.0 Å². The monoisotopic (exact) mass is 307 g/mol. The second kappa shape index (κ2) is 4.13. The summed E-state index contributed by atoms with van der Waals surface area (Å²) in [6.45, 7) is 0. The fourth-order valence-electron chi connectivity index (χ4n) is 1.68. The van der Waals surface area contributed by atoms with Crippen LogP contribution in [0.4, 0.5) is 0 Å². The number of halogens is 2. The molecule has 0 fully saturated rings. The lowest BCUT2D eigenvalue weighted by atomic mass is 10.1. The summed E-state index contributed by atoms with van der Waals surface area (Å²) >= 11 is 9.31. The highest BCUT2D eigenvalue weighted by atomic mass is 79.9. The van der Waals surface area contributed by atoms with Gasteiger partial charge in [-0.15, -0.1) is 0 Å². The maximum absolute atomic E-state index is 5.90. The van der Waals surface area contributed by atoms with Gasteiger partial charge in [-0.05, 0) is 23.8 Å². The Morgan fingerprint density at radius 2 is 1.88 bits per heavy atom. The standard InChI is InChI=1S/C12H7BrClN3/c13-9-3-1-8(2-4-9)10-7-15-17-6-5-11(14)16-12(10)17/h1-7H. The lowest BCUT2D eigenvalue weighted by Gasteiger charge is -1.99. The number of rotatable bonds is 1. The van der Waals surface area contributed by atoms with Crippen LogP contribution in [-0.4, -0.2) is 14.6 Å². The maximum Gasteiger partial charge on any atom is 0.164 e. The van der Waals surface area contributed by atoms with Gasteiger partial charge in [-0.1, -0.05) is 39.7 Å². The van der Waals surface area contributed by atoms with E-state index in [-0.39, 0.29) is 0 Å². The van der Waals surface area contributed by atoms with Crippen LogP contribution in [0.1, 0.15) is 0 Å². The van der Waals surface area contributed by atoms with Gasteiger partial charge in [0.15, 0.2) is 5.65 Å². The number of nitrogens with zero attached hydrogens (tertiary/aromatic N) is 3. The van der Waals surface area contributed by atoms with E-state index in [4.69, 9.17) is 11.6 Å². The first kappa shape index (κ1) is 10.7. The highest BCUT2D eigenvalue weighted by molar-refractivity contribution is 9.10. The van der Waals surface area contributed by atoms with Crippen LogP contribution in [0.5, 0.6) is 0 Å². The molecule has 0 aliphatic rings. The Kier molecular flexibility index (Phi) is 2.61. The van der Waals surface area contributed by atoms with Crippen molar-refractivity contribution >= 4 is 33.2 Å². The molecule has 0 N–H and O–H groups in total. The molecule has 84 valence electrons. The average Bonchev–Trinajstić information content (AvgIpc) is 2.73. The van der Waals surface area contributed by atoms with Crippen LogP contribution in [0.15, 0.2) is 47.2 Å². The number of aromatic nitrogens is 3. The molecular formula is C12H7BrClN3. The van der Waals surface area contributed by atoms with Crippen LogP contribution in [0.2, 0.25) is 5.15 Å². The third kappa shape index (κ3) is 1.94. The minimum Gasteiger partial charge on any atom is -0.222 e. The van der Waals surface area contributed by atoms with Gasteiger partial charge in [0, 0.05) is 16.2 Å². The Morgan fingerprint density at radius 1 is 1.12 bits per heavy atom. The van der Waals surface area contributed by atoms with Crippen molar-refractivity contribution < 1.29 is 0 Å². The van der Waals surface area contributed by atoms with Crippen molar-refractivity contribution in [3.63, 3.8) is 0 Å². The topological polar surface area (TPSA) is 30.2 Å². The highest BCUT2D eigenvalue weighted by Crippen LogP contribution is 2.25. The van der Waals surface area contributed by atoms with E-state index >= 15 is 0 Å². The van der Waals surface area contributed by atoms with E-state index in [9.17, 15) is 0 Å². The summed E-state index contributed by atoms with van der Waals surface area (Å²) in [5.41, 5.74) is 2.80. The summed E-state index contributed by atoms with van der Waals surface area (Å²) in [5.74, 6) is 0.